The highest BCUT2D eigenvalue weighted by atomic mass is 14.3. The van der Waals surface area contributed by atoms with Crippen molar-refractivity contribution in [1.29, 1.82) is 0 Å². The SMILES string of the molecule is Cc1c2c(cc3ccccc13)C(C)C(C)CC2. The van der Waals surface area contributed by atoms with Gasteiger partial charge in [-0.05, 0) is 59.1 Å². The smallest absolute Gasteiger partial charge is 0.0152 e. The lowest BCUT2D eigenvalue weighted by molar-refractivity contribution is 0.425. The van der Waals surface area contributed by atoms with Gasteiger partial charge in [0.1, 0.15) is 0 Å². The minimum Gasteiger partial charge on any atom is -0.0619 e. The molecule has 0 amide bonds. The minimum atomic E-state index is 0.710. The van der Waals surface area contributed by atoms with Crippen molar-refractivity contribution in [1.82, 2.24) is 0 Å². The third kappa shape index (κ3) is 1.58. The van der Waals surface area contributed by atoms with E-state index in [-0.39, 0.29) is 0 Å². The second-order valence-corrected chi connectivity index (χ2v) is 5.60. The lowest BCUT2D eigenvalue weighted by Crippen LogP contribution is -2.17. The summed E-state index contributed by atoms with van der Waals surface area (Å²) in [5.41, 5.74) is 4.73. The van der Waals surface area contributed by atoms with Crippen molar-refractivity contribution in [3.63, 3.8) is 0 Å². The molecular weight excluding hydrogens is 204 g/mol. The molecular formula is C17H20. The maximum Gasteiger partial charge on any atom is -0.0152 e. The van der Waals surface area contributed by atoms with Gasteiger partial charge in [0.2, 0.25) is 0 Å². The number of hydrogen-bond acceptors (Lipinski definition) is 0. The Labute approximate surface area is 104 Å². The quantitative estimate of drug-likeness (QED) is 0.601. The molecule has 2 aromatic carbocycles. The molecule has 3 rings (SSSR count). The molecule has 17 heavy (non-hydrogen) atoms. The number of aryl methyl sites for hydroxylation is 1. The first kappa shape index (κ1) is 10.8. The first-order valence-electron chi connectivity index (χ1n) is 6.69. The summed E-state index contributed by atoms with van der Waals surface area (Å²) in [4.78, 5) is 0. The highest BCUT2D eigenvalue weighted by Crippen LogP contribution is 2.39. The Morgan fingerprint density at radius 3 is 2.71 bits per heavy atom. The van der Waals surface area contributed by atoms with Gasteiger partial charge in [-0.15, -0.1) is 0 Å². The van der Waals surface area contributed by atoms with E-state index >= 15 is 0 Å². The molecule has 0 heterocycles. The lowest BCUT2D eigenvalue weighted by Gasteiger charge is -2.30. The lowest BCUT2D eigenvalue weighted by atomic mass is 9.74. The van der Waals surface area contributed by atoms with E-state index < -0.39 is 0 Å². The van der Waals surface area contributed by atoms with E-state index in [4.69, 9.17) is 0 Å². The Bertz CT molecular complexity index is 566. The topological polar surface area (TPSA) is 0 Å². The fourth-order valence-electron chi connectivity index (χ4n) is 3.26. The van der Waals surface area contributed by atoms with Gasteiger partial charge in [-0.1, -0.05) is 44.2 Å². The molecule has 0 bridgehead atoms. The van der Waals surface area contributed by atoms with Gasteiger partial charge in [-0.25, -0.2) is 0 Å². The molecule has 1 aliphatic carbocycles. The van der Waals surface area contributed by atoms with Gasteiger partial charge < -0.3 is 0 Å². The van der Waals surface area contributed by atoms with E-state index in [1.165, 1.54) is 29.2 Å². The van der Waals surface area contributed by atoms with Crippen LogP contribution >= 0.6 is 0 Å². The highest BCUT2D eigenvalue weighted by molar-refractivity contribution is 5.87. The average molecular weight is 224 g/mol. The van der Waals surface area contributed by atoms with E-state index in [1.54, 1.807) is 11.1 Å². The number of fused-ring (bicyclic) bond motifs is 2. The van der Waals surface area contributed by atoms with Gasteiger partial charge in [0.25, 0.3) is 0 Å². The molecule has 2 aromatic rings. The van der Waals surface area contributed by atoms with Crippen LogP contribution in [0, 0.1) is 12.8 Å². The number of rotatable bonds is 0. The van der Waals surface area contributed by atoms with Gasteiger partial charge >= 0.3 is 0 Å². The van der Waals surface area contributed by atoms with Crippen LogP contribution in [0.4, 0.5) is 0 Å². The van der Waals surface area contributed by atoms with Crippen molar-refractivity contribution >= 4 is 10.8 Å². The molecule has 0 nitrogen and oxygen atoms in total. The molecule has 2 atom stereocenters. The Balaban J connectivity index is 2.31. The molecule has 0 spiro atoms. The molecule has 0 fully saturated rings. The van der Waals surface area contributed by atoms with Crippen molar-refractivity contribution < 1.29 is 0 Å². The molecule has 0 heteroatoms. The van der Waals surface area contributed by atoms with Crippen LogP contribution in [-0.2, 0) is 6.42 Å². The zero-order valence-corrected chi connectivity index (χ0v) is 11.0. The van der Waals surface area contributed by atoms with E-state index in [0.717, 1.165) is 5.92 Å². The van der Waals surface area contributed by atoms with Gasteiger partial charge in [0.05, 0.1) is 0 Å². The largest absolute Gasteiger partial charge is 0.0619 e. The summed E-state index contributed by atoms with van der Waals surface area (Å²) in [5, 5.41) is 2.85. The van der Waals surface area contributed by atoms with Crippen LogP contribution < -0.4 is 0 Å². The second-order valence-electron chi connectivity index (χ2n) is 5.60. The van der Waals surface area contributed by atoms with Crippen molar-refractivity contribution in [2.45, 2.75) is 39.5 Å². The van der Waals surface area contributed by atoms with Crippen molar-refractivity contribution in [2.75, 3.05) is 0 Å². The van der Waals surface area contributed by atoms with Crippen LogP contribution in [0.3, 0.4) is 0 Å². The van der Waals surface area contributed by atoms with E-state index in [1.807, 2.05) is 0 Å². The van der Waals surface area contributed by atoms with Gasteiger partial charge in [-0.3, -0.25) is 0 Å². The molecule has 0 aromatic heterocycles. The summed E-state index contributed by atoms with van der Waals surface area (Å²) in [6, 6.07) is 11.2. The normalized spacial score (nSPS) is 23.7. The standard InChI is InChI=1S/C17H20/c1-11-8-9-16-13(3)15-7-5-4-6-14(15)10-17(16)12(11)2/h4-7,10-12H,8-9H2,1-3H3. The fourth-order valence-corrected chi connectivity index (χ4v) is 3.26. The van der Waals surface area contributed by atoms with E-state index in [9.17, 15) is 0 Å². The summed E-state index contributed by atoms with van der Waals surface area (Å²) < 4.78 is 0. The van der Waals surface area contributed by atoms with Gasteiger partial charge in [0.15, 0.2) is 0 Å². The Kier molecular flexibility index (Phi) is 2.47. The Morgan fingerprint density at radius 1 is 1.12 bits per heavy atom. The zero-order chi connectivity index (χ0) is 12.0. The van der Waals surface area contributed by atoms with E-state index in [0.29, 0.717) is 5.92 Å². The number of benzene rings is 2. The molecule has 0 N–H and O–H groups in total. The Hall–Kier alpha value is -1.30. The maximum atomic E-state index is 2.43. The van der Waals surface area contributed by atoms with Crippen LogP contribution in [0.2, 0.25) is 0 Å². The molecule has 2 unspecified atom stereocenters. The predicted octanol–water partition coefficient (Wildman–Crippen LogP) is 4.83. The van der Waals surface area contributed by atoms with Crippen LogP contribution in [-0.4, -0.2) is 0 Å². The molecule has 1 aliphatic rings. The maximum absolute atomic E-state index is 2.43. The summed E-state index contributed by atoms with van der Waals surface area (Å²) in [5.74, 6) is 1.53. The van der Waals surface area contributed by atoms with Crippen LogP contribution in [0.25, 0.3) is 10.8 Å². The van der Waals surface area contributed by atoms with Crippen LogP contribution in [0.5, 0.6) is 0 Å². The molecule has 0 radical (unpaired) electrons. The summed E-state index contributed by atoms with van der Waals surface area (Å²) in [6.07, 6.45) is 2.60. The van der Waals surface area contributed by atoms with E-state index in [2.05, 4.69) is 51.1 Å². The second kappa shape index (κ2) is 3.87. The van der Waals surface area contributed by atoms with Crippen LogP contribution in [0.1, 0.15) is 42.9 Å². The minimum absolute atomic E-state index is 0.710. The summed E-state index contributed by atoms with van der Waals surface area (Å²) in [7, 11) is 0. The first-order chi connectivity index (χ1) is 8.18. The van der Waals surface area contributed by atoms with Gasteiger partial charge in [0, 0.05) is 0 Å². The molecule has 0 aliphatic heterocycles. The van der Waals surface area contributed by atoms with Gasteiger partial charge in [-0.2, -0.15) is 0 Å². The average Bonchev–Trinajstić information content (AvgIpc) is 2.35. The van der Waals surface area contributed by atoms with Crippen LogP contribution in [0.15, 0.2) is 30.3 Å². The molecule has 0 saturated carbocycles. The van der Waals surface area contributed by atoms with Crippen molar-refractivity contribution in [3.8, 4) is 0 Å². The predicted molar refractivity (Wildman–Crippen MR) is 74.6 cm³/mol. The van der Waals surface area contributed by atoms with Crippen molar-refractivity contribution in [3.05, 3.63) is 47.0 Å². The number of hydrogen-bond donors (Lipinski definition) is 0. The molecule has 88 valence electrons. The third-order valence-electron chi connectivity index (χ3n) is 4.67. The zero-order valence-electron chi connectivity index (χ0n) is 11.0. The first-order valence-corrected chi connectivity index (χ1v) is 6.69. The highest BCUT2D eigenvalue weighted by Gasteiger charge is 2.24. The third-order valence-corrected chi connectivity index (χ3v) is 4.67. The molecule has 0 saturated heterocycles. The summed E-state index contributed by atoms with van der Waals surface area (Å²) in [6.45, 7) is 7.07. The fraction of sp³-hybridized carbons (Fsp3) is 0.412. The Morgan fingerprint density at radius 2 is 1.88 bits per heavy atom. The monoisotopic (exact) mass is 224 g/mol. The summed E-state index contributed by atoms with van der Waals surface area (Å²) >= 11 is 0. The van der Waals surface area contributed by atoms with Crippen molar-refractivity contribution in [2.24, 2.45) is 5.92 Å².